The highest BCUT2D eigenvalue weighted by molar-refractivity contribution is 7.18. The van der Waals surface area contributed by atoms with E-state index in [4.69, 9.17) is 9.72 Å². The van der Waals surface area contributed by atoms with E-state index in [-0.39, 0.29) is 18.4 Å². The number of para-hydroxylation sites is 1. The summed E-state index contributed by atoms with van der Waals surface area (Å²) in [4.78, 5) is 33.1. The van der Waals surface area contributed by atoms with Gasteiger partial charge in [0.05, 0.1) is 15.2 Å². The van der Waals surface area contributed by atoms with E-state index in [1.54, 1.807) is 16.2 Å². The lowest BCUT2D eigenvalue weighted by Gasteiger charge is -2.31. The first kappa shape index (κ1) is 20.0. The van der Waals surface area contributed by atoms with Crippen LogP contribution in [-0.2, 0) is 9.59 Å². The van der Waals surface area contributed by atoms with Crippen LogP contribution in [0.5, 0.6) is 5.75 Å². The van der Waals surface area contributed by atoms with Crippen molar-refractivity contribution >= 4 is 39.1 Å². The first-order valence-electron chi connectivity index (χ1n) is 10.8. The Morgan fingerprint density at radius 3 is 2.71 bits per heavy atom. The van der Waals surface area contributed by atoms with Gasteiger partial charge in [-0.2, -0.15) is 0 Å². The number of piperidine rings is 1. The van der Waals surface area contributed by atoms with E-state index in [0.29, 0.717) is 18.1 Å². The number of carbonyl (C=O) groups excluding carboxylic acids is 2. The predicted molar refractivity (Wildman–Crippen MR) is 122 cm³/mol. The molecule has 0 spiro atoms. The van der Waals surface area contributed by atoms with Crippen molar-refractivity contribution in [1.82, 2.24) is 9.88 Å². The number of thiazole rings is 1. The van der Waals surface area contributed by atoms with E-state index < -0.39 is 0 Å². The Kier molecular flexibility index (Phi) is 5.59. The number of benzene rings is 2. The summed E-state index contributed by atoms with van der Waals surface area (Å²) in [5.41, 5.74) is 1.90. The normalized spacial score (nSPS) is 17.5. The zero-order valence-corrected chi connectivity index (χ0v) is 18.1. The number of hydrogen-bond acceptors (Lipinski definition) is 5. The van der Waals surface area contributed by atoms with Crippen LogP contribution in [-0.4, -0.2) is 47.9 Å². The number of likely N-dealkylation sites (tertiary alicyclic amines) is 1. The molecule has 7 heteroatoms. The van der Waals surface area contributed by atoms with Gasteiger partial charge in [0.25, 0.3) is 5.91 Å². The number of rotatable bonds is 5. The Morgan fingerprint density at radius 1 is 1.10 bits per heavy atom. The third kappa shape index (κ3) is 4.28. The second kappa shape index (κ2) is 8.67. The fraction of sp³-hybridized carbons (Fsp3) is 0.375. The van der Waals surface area contributed by atoms with Crippen LogP contribution >= 0.6 is 11.3 Å². The molecular weight excluding hydrogens is 410 g/mol. The van der Waals surface area contributed by atoms with E-state index in [0.717, 1.165) is 50.1 Å². The SMILES string of the molecule is O=C(COc1cccc(N2CCCC2=O)c1)N1CCC(c2nc3ccccc3s2)CC1. The Labute approximate surface area is 185 Å². The van der Waals surface area contributed by atoms with Gasteiger partial charge < -0.3 is 14.5 Å². The number of amides is 2. The average Bonchev–Trinajstić information content (AvgIpc) is 3.44. The highest BCUT2D eigenvalue weighted by atomic mass is 32.1. The highest BCUT2D eigenvalue weighted by Crippen LogP contribution is 2.34. The molecule has 2 aliphatic heterocycles. The van der Waals surface area contributed by atoms with E-state index >= 15 is 0 Å². The molecule has 0 unspecified atom stereocenters. The molecule has 5 rings (SSSR count). The van der Waals surface area contributed by atoms with Gasteiger partial charge in [-0.3, -0.25) is 9.59 Å². The van der Waals surface area contributed by atoms with Crippen LogP contribution in [0.2, 0.25) is 0 Å². The standard InChI is InChI=1S/C24H25N3O3S/c28-22-9-4-12-27(22)18-5-3-6-19(15-18)30-16-23(29)26-13-10-17(11-14-26)24-25-20-7-1-2-8-21(20)31-24/h1-3,5-8,15,17H,4,9-14,16H2. The molecule has 160 valence electrons. The third-order valence-electron chi connectivity index (χ3n) is 6.07. The molecule has 2 aromatic carbocycles. The fourth-order valence-corrected chi connectivity index (χ4v) is 5.48. The molecule has 31 heavy (non-hydrogen) atoms. The van der Waals surface area contributed by atoms with Gasteiger partial charge in [0.15, 0.2) is 6.61 Å². The first-order chi connectivity index (χ1) is 15.2. The van der Waals surface area contributed by atoms with E-state index in [9.17, 15) is 9.59 Å². The van der Waals surface area contributed by atoms with Gasteiger partial charge in [0.2, 0.25) is 5.91 Å². The van der Waals surface area contributed by atoms with Crippen LogP contribution in [0.1, 0.15) is 36.6 Å². The molecule has 0 aliphatic carbocycles. The van der Waals surface area contributed by atoms with Crippen LogP contribution in [0.3, 0.4) is 0 Å². The number of ether oxygens (including phenoxy) is 1. The van der Waals surface area contributed by atoms with Crippen LogP contribution in [0.4, 0.5) is 5.69 Å². The van der Waals surface area contributed by atoms with E-state index in [2.05, 4.69) is 12.1 Å². The predicted octanol–water partition coefficient (Wildman–Crippen LogP) is 4.21. The Morgan fingerprint density at radius 2 is 1.94 bits per heavy atom. The van der Waals surface area contributed by atoms with Crippen molar-refractivity contribution in [3.05, 3.63) is 53.5 Å². The van der Waals surface area contributed by atoms with Crippen LogP contribution < -0.4 is 9.64 Å². The lowest BCUT2D eigenvalue weighted by atomic mass is 9.97. The van der Waals surface area contributed by atoms with Crippen LogP contribution in [0.15, 0.2) is 48.5 Å². The molecule has 2 aliphatic rings. The molecule has 2 amide bonds. The molecule has 2 saturated heterocycles. The van der Waals surface area contributed by atoms with Crippen molar-refractivity contribution in [1.29, 1.82) is 0 Å². The summed E-state index contributed by atoms with van der Waals surface area (Å²) >= 11 is 1.77. The topological polar surface area (TPSA) is 62.7 Å². The molecule has 3 aromatic rings. The Bertz CT molecular complexity index is 1070. The summed E-state index contributed by atoms with van der Waals surface area (Å²) in [6.45, 7) is 2.21. The summed E-state index contributed by atoms with van der Waals surface area (Å²) in [5, 5.41) is 1.18. The first-order valence-corrected chi connectivity index (χ1v) is 11.7. The number of fused-ring (bicyclic) bond motifs is 1. The molecule has 2 fully saturated rings. The van der Waals surface area contributed by atoms with E-state index in [1.807, 2.05) is 41.3 Å². The minimum Gasteiger partial charge on any atom is -0.484 e. The van der Waals surface area contributed by atoms with Gasteiger partial charge in [-0.15, -0.1) is 11.3 Å². The third-order valence-corrected chi connectivity index (χ3v) is 7.27. The van der Waals surface area contributed by atoms with Crippen molar-refractivity contribution in [2.75, 3.05) is 31.1 Å². The highest BCUT2D eigenvalue weighted by Gasteiger charge is 2.26. The zero-order valence-electron chi connectivity index (χ0n) is 17.3. The van der Waals surface area contributed by atoms with Gasteiger partial charge in [-0.05, 0) is 43.5 Å². The fourth-order valence-electron chi connectivity index (χ4n) is 4.34. The summed E-state index contributed by atoms with van der Waals surface area (Å²) in [6, 6.07) is 15.7. The number of hydrogen-bond donors (Lipinski definition) is 0. The number of carbonyl (C=O) groups is 2. The molecule has 0 radical (unpaired) electrons. The zero-order chi connectivity index (χ0) is 21.2. The van der Waals surface area contributed by atoms with Gasteiger partial charge in [0, 0.05) is 43.7 Å². The van der Waals surface area contributed by atoms with Crippen LogP contribution in [0.25, 0.3) is 10.2 Å². The monoisotopic (exact) mass is 435 g/mol. The van der Waals surface area contributed by atoms with Gasteiger partial charge in [-0.1, -0.05) is 18.2 Å². The largest absolute Gasteiger partial charge is 0.484 e. The number of nitrogens with zero attached hydrogens (tertiary/aromatic N) is 3. The number of aromatic nitrogens is 1. The van der Waals surface area contributed by atoms with Gasteiger partial charge >= 0.3 is 0 Å². The molecule has 1 aromatic heterocycles. The van der Waals surface area contributed by atoms with Crippen molar-refractivity contribution in [3.8, 4) is 5.75 Å². The summed E-state index contributed by atoms with van der Waals surface area (Å²) < 4.78 is 6.99. The van der Waals surface area contributed by atoms with E-state index in [1.165, 1.54) is 9.71 Å². The lowest BCUT2D eigenvalue weighted by molar-refractivity contribution is -0.134. The molecule has 0 bridgehead atoms. The average molecular weight is 436 g/mol. The quantitative estimate of drug-likeness (QED) is 0.602. The summed E-state index contributed by atoms with van der Waals surface area (Å²) in [7, 11) is 0. The van der Waals surface area contributed by atoms with Gasteiger partial charge in [0.1, 0.15) is 5.75 Å². The lowest BCUT2D eigenvalue weighted by Crippen LogP contribution is -2.40. The minimum absolute atomic E-state index is 0.00500. The second-order valence-electron chi connectivity index (χ2n) is 8.11. The number of anilines is 1. The Hall–Kier alpha value is -2.93. The smallest absolute Gasteiger partial charge is 0.260 e. The Balaban J connectivity index is 1.15. The minimum atomic E-state index is 0.00500. The molecule has 6 nitrogen and oxygen atoms in total. The maximum atomic E-state index is 12.7. The summed E-state index contributed by atoms with van der Waals surface area (Å²) in [5.74, 6) is 1.18. The van der Waals surface area contributed by atoms with Crippen molar-refractivity contribution in [3.63, 3.8) is 0 Å². The molecule has 0 N–H and O–H groups in total. The second-order valence-corrected chi connectivity index (χ2v) is 9.17. The van der Waals surface area contributed by atoms with Gasteiger partial charge in [-0.25, -0.2) is 4.98 Å². The van der Waals surface area contributed by atoms with Crippen molar-refractivity contribution in [2.24, 2.45) is 0 Å². The maximum Gasteiger partial charge on any atom is 0.260 e. The maximum absolute atomic E-state index is 12.7. The molecule has 0 atom stereocenters. The molecular formula is C24H25N3O3S. The van der Waals surface area contributed by atoms with Crippen molar-refractivity contribution < 1.29 is 14.3 Å². The molecule has 3 heterocycles. The molecule has 0 saturated carbocycles. The summed E-state index contributed by atoms with van der Waals surface area (Å²) in [6.07, 6.45) is 3.34. The van der Waals surface area contributed by atoms with Crippen molar-refractivity contribution in [2.45, 2.75) is 31.6 Å². The van der Waals surface area contributed by atoms with Crippen LogP contribution in [0, 0.1) is 0 Å².